The number of fused-ring (bicyclic) bond motifs is 1. The molecule has 1 aliphatic heterocycles. The van der Waals surface area contributed by atoms with Crippen LogP contribution >= 0.6 is 0 Å². The predicted octanol–water partition coefficient (Wildman–Crippen LogP) is 2.67. The Bertz CT molecular complexity index is 996. The number of hydrogen-bond donors (Lipinski definition) is 3. The van der Waals surface area contributed by atoms with Crippen LogP contribution in [-0.4, -0.2) is 66.6 Å². The topological polar surface area (TPSA) is 109 Å². The van der Waals surface area contributed by atoms with Crippen molar-refractivity contribution in [2.75, 3.05) is 33.9 Å². The van der Waals surface area contributed by atoms with Gasteiger partial charge in [-0.3, -0.25) is 14.5 Å². The molecule has 9 nitrogen and oxygen atoms in total. The first-order valence-electron chi connectivity index (χ1n) is 13.1. The highest BCUT2D eigenvalue weighted by atomic mass is 16.5. The molecule has 36 heavy (non-hydrogen) atoms. The van der Waals surface area contributed by atoms with Crippen molar-refractivity contribution in [3.8, 4) is 11.5 Å². The zero-order chi connectivity index (χ0) is 25.3. The van der Waals surface area contributed by atoms with Crippen LogP contribution in [0.25, 0.3) is 0 Å². The van der Waals surface area contributed by atoms with Gasteiger partial charge >= 0.3 is 0 Å². The van der Waals surface area contributed by atoms with Gasteiger partial charge < -0.3 is 25.1 Å². The number of carbonyl (C=O) groups is 2. The van der Waals surface area contributed by atoms with Crippen molar-refractivity contribution in [1.29, 1.82) is 0 Å². The van der Waals surface area contributed by atoms with E-state index in [9.17, 15) is 9.59 Å². The first-order chi connectivity index (χ1) is 17.6. The highest BCUT2D eigenvalue weighted by Crippen LogP contribution is 2.38. The number of hydrogen-bond acceptors (Lipinski definition) is 6. The van der Waals surface area contributed by atoms with E-state index >= 15 is 0 Å². The Kier molecular flexibility index (Phi) is 9.22. The number of methoxy groups -OCH3 is 2. The summed E-state index contributed by atoms with van der Waals surface area (Å²) in [6.45, 7) is 2.77. The number of aromatic amines is 1. The largest absolute Gasteiger partial charge is 0.493 e. The van der Waals surface area contributed by atoms with E-state index in [0.717, 1.165) is 49.2 Å². The molecule has 2 amide bonds. The minimum atomic E-state index is -0.219. The lowest BCUT2D eigenvalue weighted by atomic mass is 9.99. The molecular weight excluding hydrogens is 458 g/mol. The van der Waals surface area contributed by atoms with E-state index in [2.05, 4.69) is 31.6 Å². The number of benzene rings is 1. The number of carbonyl (C=O) groups excluding carboxylic acids is 2. The maximum Gasteiger partial charge on any atom is 0.224 e. The molecule has 2 aliphatic rings. The molecule has 1 aromatic carbocycles. The Morgan fingerprint density at radius 3 is 2.81 bits per heavy atom. The Hall–Kier alpha value is -3.07. The summed E-state index contributed by atoms with van der Waals surface area (Å²) in [7, 11) is 3.30. The lowest BCUT2D eigenvalue weighted by molar-refractivity contribution is -0.126. The van der Waals surface area contributed by atoms with Gasteiger partial charge in [0.2, 0.25) is 11.8 Å². The molecule has 0 bridgehead atoms. The predicted molar refractivity (Wildman–Crippen MR) is 137 cm³/mol. The van der Waals surface area contributed by atoms with E-state index in [-0.39, 0.29) is 29.7 Å². The SMILES string of the molecule is COc1cccc(CN2CCCCCCNC(=O)[C@@H]3C[C@@H](C(=O)NCCc4cnc[nH]4)C[C@@H]32)c1OC. The first kappa shape index (κ1) is 26.0. The van der Waals surface area contributed by atoms with Crippen molar-refractivity contribution in [2.24, 2.45) is 11.8 Å². The lowest BCUT2D eigenvalue weighted by Gasteiger charge is -2.33. The third-order valence-corrected chi connectivity index (χ3v) is 7.48. The molecule has 2 aromatic rings. The number of rotatable bonds is 8. The summed E-state index contributed by atoms with van der Waals surface area (Å²) in [6.07, 6.45) is 9.63. The molecule has 9 heteroatoms. The molecule has 3 atom stereocenters. The summed E-state index contributed by atoms with van der Waals surface area (Å²) in [4.78, 5) is 35.9. The molecule has 196 valence electrons. The minimum Gasteiger partial charge on any atom is -0.493 e. The van der Waals surface area contributed by atoms with Crippen molar-refractivity contribution >= 4 is 11.8 Å². The summed E-state index contributed by atoms with van der Waals surface area (Å²) >= 11 is 0. The monoisotopic (exact) mass is 497 g/mol. The molecule has 4 rings (SSSR count). The van der Waals surface area contributed by atoms with Crippen LogP contribution in [0.1, 0.15) is 49.8 Å². The molecule has 2 heterocycles. The molecule has 1 aliphatic carbocycles. The fourth-order valence-electron chi connectivity index (χ4n) is 5.60. The van der Waals surface area contributed by atoms with Crippen LogP contribution in [0, 0.1) is 11.8 Å². The Balaban J connectivity index is 1.51. The molecule has 0 spiro atoms. The fraction of sp³-hybridized carbons (Fsp3) is 0.593. The van der Waals surface area contributed by atoms with E-state index < -0.39 is 0 Å². The fourth-order valence-corrected chi connectivity index (χ4v) is 5.60. The number of aromatic nitrogens is 2. The van der Waals surface area contributed by atoms with Crippen LogP contribution in [-0.2, 0) is 22.6 Å². The molecule has 0 radical (unpaired) electrons. The van der Waals surface area contributed by atoms with Crippen molar-refractivity contribution < 1.29 is 19.1 Å². The number of H-pyrrole nitrogens is 1. The standard InChI is InChI=1S/C27H39N5O4/c1-35-24-9-7-8-19(25(24)36-2)17-32-13-6-4-3-5-11-29-27(34)22-14-20(15-23(22)32)26(33)30-12-10-21-16-28-18-31-21/h7-9,16,18,20,22-23H,3-6,10-15,17H2,1-2H3,(H,28,31)(H,29,34)(H,30,33)/t20-,22-,23+/m1/s1. The van der Waals surface area contributed by atoms with Crippen LogP contribution in [0.4, 0.5) is 0 Å². The summed E-state index contributed by atoms with van der Waals surface area (Å²) in [5, 5.41) is 6.22. The zero-order valence-electron chi connectivity index (χ0n) is 21.4. The second kappa shape index (κ2) is 12.8. The number of para-hydroxylation sites is 1. The van der Waals surface area contributed by atoms with Gasteiger partial charge in [-0.25, -0.2) is 4.98 Å². The maximum atomic E-state index is 13.3. The van der Waals surface area contributed by atoms with E-state index in [1.807, 2.05) is 12.1 Å². The normalized spacial score (nSPS) is 23.3. The van der Waals surface area contributed by atoms with Gasteiger partial charge in [-0.2, -0.15) is 0 Å². The van der Waals surface area contributed by atoms with Crippen LogP contribution < -0.4 is 20.1 Å². The Morgan fingerprint density at radius 1 is 1.17 bits per heavy atom. The van der Waals surface area contributed by atoms with Gasteiger partial charge in [-0.1, -0.05) is 25.0 Å². The molecule has 0 unspecified atom stereocenters. The molecule has 3 N–H and O–H groups in total. The number of ether oxygens (including phenoxy) is 2. The van der Waals surface area contributed by atoms with Gasteiger partial charge in [0.15, 0.2) is 11.5 Å². The lowest BCUT2D eigenvalue weighted by Crippen LogP contribution is -2.44. The van der Waals surface area contributed by atoms with Crippen molar-refractivity contribution in [1.82, 2.24) is 25.5 Å². The molecular formula is C27H39N5O4. The van der Waals surface area contributed by atoms with Gasteiger partial charge in [0.05, 0.1) is 26.5 Å². The van der Waals surface area contributed by atoms with Gasteiger partial charge in [0.1, 0.15) is 0 Å². The van der Waals surface area contributed by atoms with Gasteiger partial charge in [-0.05, 0) is 38.3 Å². The van der Waals surface area contributed by atoms with Gasteiger partial charge in [0.25, 0.3) is 0 Å². The van der Waals surface area contributed by atoms with Crippen molar-refractivity contribution in [2.45, 2.75) is 57.5 Å². The van der Waals surface area contributed by atoms with Crippen LogP contribution in [0.3, 0.4) is 0 Å². The second-order valence-corrected chi connectivity index (χ2v) is 9.79. The summed E-state index contributed by atoms with van der Waals surface area (Å²) in [5.74, 6) is 1.11. The quantitative estimate of drug-likeness (QED) is 0.518. The third kappa shape index (κ3) is 6.37. The summed E-state index contributed by atoms with van der Waals surface area (Å²) < 4.78 is 11.2. The van der Waals surface area contributed by atoms with Crippen molar-refractivity contribution in [3.05, 3.63) is 42.0 Å². The second-order valence-electron chi connectivity index (χ2n) is 9.79. The number of imidazole rings is 1. The molecule has 2 fully saturated rings. The Labute approximate surface area is 213 Å². The van der Waals surface area contributed by atoms with Crippen LogP contribution in [0.2, 0.25) is 0 Å². The highest BCUT2D eigenvalue weighted by Gasteiger charge is 2.44. The summed E-state index contributed by atoms with van der Waals surface area (Å²) in [6, 6.07) is 5.90. The number of amides is 2. The van der Waals surface area contributed by atoms with Crippen molar-refractivity contribution in [3.63, 3.8) is 0 Å². The average molecular weight is 498 g/mol. The van der Waals surface area contributed by atoms with Crippen LogP contribution in [0.15, 0.2) is 30.7 Å². The minimum absolute atomic E-state index is 0.0117. The van der Waals surface area contributed by atoms with E-state index in [1.54, 1.807) is 26.7 Å². The van der Waals surface area contributed by atoms with E-state index in [1.165, 1.54) is 0 Å². The number of nitrogens with zero attached hydrogens (tertiary/aromatic N) is 2. The van der Waals surface area contributed by atoms with E-state index in [0.29, 0.717) is 44.6 Å². The molecule has 1 aromatic heterocycles. The molecule has 1 saturated carbocycles. The van der Waals surface area contributed by atoms with Gasteiger partial charge in [-0.15, -0.1) is 0 Å². The third-order valence-electron chi connectivity index (χ3n) is 7.48. The average Bonchev–Trinajstić information content (AvgIpc) is 3.57. The Morgan fingerprint density at radius 2 is 2.03 bits per heavy atom. The first-order valence-corrected chi connectivity index (χ1v) is 13.1. The smallest absolute Gasteiger partial charge is 0.224 e. The maximum absolute atomic E-state index is 13.3. The molecule has 1 saturated heterocycles. The number of nitrogens with one attached hydrogen (secondary N) is 3. The highest BCUT2D eigenvalue weighted by molar-refractivity contribution is 5.84. The van der Waals surface area contributed by atoms with Crippen LogP contribution in [0.5, 0.6) is 11.5 Å². The van der Waals surface area contributed by atoms with Gasteiger partial charge in [0, 0.05) is 55.5 Å². The van der Waals surface area contributed by atoms with E-state index in [4.69, 9.17) is 9.47 Å². The zero-order valence-corrected chi connectivity index (χ0v) is 21.4. The summed E-state index contributed by atoms with van der Waals surface area (Å²) in [5.41, 5.74) is 2.02.